The van der Waals surface area contributed by atoms with Crippen LogP contribution in [0.1, 0.15) is 248 Å². The molecule has 29 nitrogen and oxygen atoms in total. The Labute approximate surface area is 682 Å². The Morgan fingerprint density at radius 2 is 0.737 bits per heavy atom. The number of carboxylic acids is 2. The number of amides is 3. The van der Waals surface area contributed by atoms with Gasteiger partial charge in [0, 0.05) is 37.9 Å². The van der Waals surface area contributed by atoms with Crippen LogP contribution in [0.2, 0.25) is 0 Å². The van der Waals surface area contributed by atoms with Crippen LogP contribution in [0.3, 0.4) is 0 Å². The Hall–Kier alpha value is -7.00. The van der Waals surface area contributed by atoms with Crippen molar-refractivity contribution in [2.45, 2.75) is 302 Å². The van der Waals surface area contributed by atoms with Crippen LogP contribution in [-0.4, -0.2) is 177 Å². The highest BCUT2D eigenvalue weighted by atomic mass is 32.2. The lowest BCUT2D eigenvalue weighted by Gasteiger charge is -2.23. The fourth-order valence-electron chi connectivity index (χ4n) is 9.78. The van der Waals surface area contributed by atoms with Crippen LogP contribution in [0.5, 0.6) is 0 Å². The number of esters is 4. The fourth-order valence-corrected chi connectivity index (χ4v) is 10.7. The Morgan fingerprint density at radius 1 is 0.439 bits per heavy atom. The molecular weight excluding hydrogens is 1520 g/mol. The monoisotopic (exact) mass is 1660 g/mol. The number of rotatable bonds is 37. The SMILES string of the molecule is CC(C)CCN.CC(C)CCNC(=O)[C@@H](CC(=O)OC(C)(C)C)CC(C)C.CC(C)CCNC(=O)[C@@H](N)CC(C)C.CC(C)C[C@H](CC(=O)OC(C)(C)C)C(=O)O.CCOC(=O)[C@H]1O[C@@H]1C(=O)C[C@@H](CC(C)C)C(=O)NCCC(C)C.CCOC(=O)[C@H]1O[C@@H]1C(=O)O.Cc1ccc(S(=O)(=O)O)cc1.Cc1ccc(S(=O)(=O)O)cc1. The minimum absolute atomic E-state index is 0.0145. The maximum absolute atomic E-state index is 12.4. The minimum Gasteiger partial charge on any atom is -0.481 e. The zero-order valence-electron chi connectivity index (χ0n) is 73.3. The summed E-state index contributed by atoms with van der Waals surface area (Å²) in [5.41, 5.74) is 11.8. The number of aliphatic carboxylic acids is 2. The Kier molecular flexibility index (Phi) is 58.4. The number of Topliss-reactive ketones (excluding diaryl/α,β-unsaturated/α-hetero) is 1. The first-order valence-electron chi connectivity index (χ1n) is 39.7. The lowest BCUT2D eigenvalue weighted by Crippen LogP contribution is -2.41. The van der Waals surface area contributed by atoms with Crippen molar-refractivity contribution in [1.82, 2.24) is 16.0 Å². The third-order valence-corrected chi connectivity index (χ3v) is 17.3. The second-order valence-electron chi connectivity index (χ2n) is 33.6. The lowest BCUT2D eigenvalue weighted by atomic mass is 9.90. The molecule has 11 N–H and O–H groups in total. The predicted molar refractivity (Wildman–Crippen MR) is 441 cm³/mol. The van der Waals surface area contributed by atoms with Gasteiger partial charge in [-0.15, -0.1) is 0 Å². The highest BCUT2D eigenvalue weighted by molar-refractivity contribution is 7.86. The van der Waals surface area contributed by atoms with Gasteiger partial charge in [0.05, 0.1) is 47.8 Å². The summed E-state index contributed by atoms with van der Waals surface area (Å²) < 4.78 is 88.5. The number of ether oxygens (including phenoxy) is 6. The van der Waals surface area contributed by atoms with E-state index in [2.05, 4.69) is 109 Å². The molecule has 0 aromatic heterocycles. The fraction of sp³-hybridized carbons (Fsp3) is 0.735. The van der Waals surface area contributed by atoms with E-state index in [0.29, 0.717) is 67.9 Å². The number of carboxylic acid groups (broad SMARTS) is 2. The summed E-state index contributed by atoms with van der Waals surface area (Å²) >= 11 is 0. The highest BCUT2D eigenvalue weighted by Gasteiger charge is 2.52. The molecule has 4 rings (SSSR count). The van der Waals surface area contributed by atoms with Gasteiger partial charge < -0.3 is 66.1 Å². The summed E-state index contributed by atoms with van der Waals surface area (Å²) in [6, 6.07) is 11.6. The van der Waals surface area contributed by atoms with Crippen molar-refractivity contribution in [2.75, 3.05) is 39.4 Å². The van der Waals surface area contributed by atoms with Crippen molar-refractivity contribution < 1.29 is 113 Å². The number of epoxide rings is 2. The number of carbonyl (C=O) groups is 10. The van der Waals surface area contributed by atoms with Crippen LogP contribution >= 0.6 is 0 Å². The molecule has 0 bridgehead atoms. The molecule has 2 saturated heterocycles. The van der Waals surface area contributed by atoms with Crippen molar-refractivity contribution >= 4 is 79.6 Å². The number of carbonyl (C=O) groups excluding carboxylic acids is 8. The molecule has 0 saturated carbocycles. The minimum atomic E-state index is -4.02. The molecule has 3 amide bonds. The van der Waals surface area contributed by atoms with E-state index in [4.69, 9.17) is 49.7 Å². The quantitative estimate of drug-likeness (QED) is 0.0131. The molecule has 2 aliphatic rings. The molecule has 0 unspecified atom stereocenters. The van der Waals surface area contributed by atoms with E-state index < -0.39 is 91.6 Å². The number of aryl methyl sites for hydroxylation is 2. The molecule has 0 aliphatic carbocycles. The third kappa shape index (κ3) is 63.2. The molecule has 2 aromatic carbocycles. The Balaban J connectivity index is -0.000000622. The molecule has 2 heterocycles. The second kappa shape index (κ2) is 58.8. The smallest absolute Gasteiger partial charge is 0.338 e. The van der Waals surface area contributed by atoms with Crippen molar-refractivity contribution in [3.8, 4) is 0 Å². The van der Waals surface area contributed by atoms with Gasteiger partial charge in [0.15, 0.2) is 30.2 Å². The first-order valence-corrected chi connectivity index (χ1v) is 42.6. The molecule has 2 aliphatic heterocycles. The van der Waals surface area contributed by atoms with E-state index in [1.54, 1.807) is 58.9 Å². The molecular formula is C83H147N5O24S2. The summed E-state index contributed by atoms with van der Waals surface area (Å²) in [4.78, 5) is 115. The number of ketones is 1. The highest BCUT2D eigenvalue weighted by Crippen LogP contribution is 2.29. The van der Waals surface area contributed by atoms with Gasteiger partial charge in [0.1, 0.15) is 11.2 Å². The van der Waals surface area contributed by atoms with Crippen molar-refractivity contribution in [2.24, 2.45) is 76.6 Å². The van der Waals surface area contributed by atoms with Gasteiger partial charge in [-0.05, 0) is 199 Å². The maximum atomic E-state index is 12.4. The van der Waals surface area contributed by atoms with E-state index in [0.717, 1.165) is 62.2 Å². The van der Waals surface area contributed by atoms with Gasteiger partial charge in [-0.25, -0.2) is 14.4 Å². The van der Waals surface area contributed by atoms with E-state index >= 15 is 0 Å². The summed E-state index contributed by atoms with van der Waals surface area (Å²) in [5, 5.41) is 26.0. The predicted octanol–water partition coefficient (Wildman–Crippen LogP) is 12.5. The molecule has 0 spiro atoms. The topological polar surface area (TPSA) is 470 Å². The normalized spacial score (nSPS) is 15.8. The van der Waals surface area contributed by atoms with Crippen LogP contribution in [-0.2, 0) is 96.6 Å². The van der Waals surface area contributed by atoms with E-state index in [1.807, 2.05) is 62.3 Å². The zero-order chi connectivity index (χ0) is 89.4. The van der Waals surface area contributed by atoms with Gasteiger partial charge in [-0.3, -0.25) is 42.7 Å². The summed E-state index contributed by atoms with van der Waals surface area (Å²) in [6.07, 6.45) is 3.41. The number of nitrogens with two attached hydrogens (primary N) is 2. The molecule has 2 fully saturated rings. The van der Waals surface area contributed by atoms with Crippen molar-refractivity contribution in [3.05, 3.63) is 59.7 Å². The van der Waals surface area contributed by atoms with Gasteiger partial charge in [0.2, 0.25) is 17.7 Å². The molecule has 2 aromatic rings. The van der Waals surface area contributed by atoms with Gasteiger partial charge >= 0.3 is 35.8 Å². The first kappa shape index (κ1) is 113. The molecule has 0 radical (unpaired) electrons. The average molecular weight is 1660 g/mol. The molecule has 31 heteroatoms. The molecule has 114 heavy (non-hydrogen) atoms. The van der Waals surface area contributed by atoms with E-state index in [1.165, 1.54) is 24.3 Å². The van der Waals surface area contributed by atoms with Crippen molar-refractivity contribution in [1.29, 1.82) is 0 Å². The van der Waals surface area contributed by atoms with Crippen LogP contribution in [0.4, 0.5) is 0 Å². The van der Waals surface area contributed by atoms with Gasteiger partial charge in [-0.2, -0.15) is 16.8 Å². The van der Waals surface area contributed by atoms with Crippen LogP contribution in [0.25, 0.3) is 0 Å². The lowest BCUT2D eigenvalue weighted by molar-refractivity contribution is -0.160. The first-order chi connectivity index (χ1) is 52.2. The third-order valence-electron chi connectivity index (χ3n) is 15.6. The number of hydrogen-bond acceptors (Lipinski definition) is 22. The largest absolute Gasteiger partial charge is 0.481 e. The van der Waals surface area contributed by atoms with Crippen molar-refractivity contribution in [3.63, 3.8) is 0 Å². The van der Waals surface area contributed by atoms with Gasteiger partial charge in [0.25, 0.3) is 20.2 Å². The number of hydrogen-bond donors (Lipinski definition) is 9. The standard InChI is InChI=1S/C18H31NO5.C17H33NO3.C12H22O4.C11H24N2O.2C7H8O3S.C6H8O5.C5H13N/c1-6-23-18(22)16-15(24-16)14(20)10-13(9-12(4)5)17(21)19-8-7-11(2)3;1-12(2)8-9-18-16(20)14(10-13(3)4)11-15(19)21-17(5,6)7;1-8(2)6-9(11(14)15)7-10(13)16-12(3,4)5;1-8(2)5-6-13-11(14)10(12)7-9(3)4;2*1-6-2-4-7(5-3-6)11(8,9)10;1-2-10-6(9)4-3(11-4)5(7)8;1-5(2)3-4-6/h11-13,15-16H,6-10H2,1-5H3,(H,19,21);12-14H,8-11H2,1-7H3,(H,18,20);8-9H,6-7H2,1-5H3,(H,14,15);8-10H,5-7,12H2,1-4H3,(H,13,14);2*2-5H,1H3,(H,8,9,10);3-4H,2H2,1H3,(H,7,8);5H,3-4,6H2,1-2H3/t13-,15-,16+;14-;9-;10-;;;3-,4-;/m1110..0./s1. The molecule has 8 atom stereocenters. The van der Waals surface area contributed by atoms with E-state index in [-0.39, 0.29) is 95.5 Å². The Bertz CT molecular complexity index is 3270. The number of benzene rings is 2. The van der Waals surface area contributed by atoms with Crippen LogP contribution in [0, 0.1) is 78.9 Å². The van der Waals surface area contributed by atoms with E-state index in [9.17, 15) is 64.8 Å². The zero-order valence-corrected chi connectivity index (χ0v) is 74.9. The maximum Gasteiger partial charge on any atom is 0.338 e. The van der Waals surface area contributed by atoms with Gasteiger partial charge in [-0.1, -0.05) is 146 Å². The Morgan fingerprint density at radius 3 is 1.00 bits per heavy atom. The summed E-state index contributed by atoms with van der Waals surface area (Å²) in [5.74, 6) is -1.69. The van der Waals surface area contributed by atoms with Crippen LogP contribution < -0.4 is 27.4 Å². The summed E-state index contributed by atoms with van der Waals surface area (Å²) in [7, 11) is -8.04. The number of nitrogens with one attached hydrogen (secondary N) is 3. The average Bonchev–Trinajstić information content (AvgIpc) is 1.66. The molecule has 660 valence electrons. The summed E-state index contributed by atoms with van der Waals surface area (Å²) in [6.45, 7) is 54.4. The second-order valence-corrected chi connectivity index (χ2v) is 36.4. The van der Waals surface area contributed by atoms with Crippen LogP contribution in [0.15, 0.2) is 58.3 Å².